The number of phenolic OH excluding ortho intramolecular Hbond substituents is 1. The maximum absolute atomic E-state index is 9.54. The van der Waals surface area contributed by atoms with Crippen LogP contribution in [0.2, 0.25) is 0 Å². The Balaban J connectivity index is 1.84. The van der Waals surface area contributed by atoms with Crippen LogP contribution in [0.3, 0.4) is 0 Å². The van der Waals surface area contributed by atoms with E-state index in [4.69, 9.17) is 4.74 Å². The number of aromatic hydroxyl groups is 1. The molecule has 0 saturated carbocycles. The second kappa shape index (κ2) is 4.82. The van der Waals surface area contributed by atoms with Crippen molar-refractivity contribution in [1.29, 1.82) is 0 Å². The molecule has 1 aliphatic rings. The van der Waals surface area contributed by atoms with Gasteiger partial charge in [-0.3, -0.25) is 0 Å². The molecule has 1 aromatic heterocycles. The van der Waals surface area contributed by atoms with Crippen LogP contribution in [0, 0.1) is 0 Å². The van der Waals surface area contributed by atoms with E-state index in [-0.39, 0.29) is 5.75 Å². The maximum atomic E-state index is 9.54. The fraction of sp³-hybridized carbons (Fsp3) is 0.357. The summed E-state index contributed by atoms with van der Waals surface area (Å²) in [6.45, 7) is 1.69. The van der Waals surface area contributed by atoms with E-state index in [1.54, 1.807) is 18.3 Å². The third-order valence-corrected chi connectivity index (χ3v) is 3.30. The number of phenols is 1. The lowest BCUT2D eigenvalue weighted by molar-refractivity contribution is 0.271. The van der Waals surface area contributed by atoms with Crippen LogP contribution in [-0.2, 0) is 0 Å². The molecular formula is C14H16N2O2. The summed E-state index contributed by atoms with van der Waals surface area (Å²) in [5.41, 5.74) is 0. The number of pyridine rings is 1. The molecule has 0 bridgehead atoms. The Hall–Kier alpha value is -1.81. The lowest BCUT2D eigenvalue weighted by atomic mass is 10.1. The molecule has 1 atom stereocenters. The molecular weight excluding hydrogens is 228 g/mol. The number of hydrogen-bond acceptors (Lipinski definition) is 4. The van der Waals surface area contributed by atoms with Crippen molar-refractivity contribution in [3.8, 4) is 11.6 Å². The van der Waals surface area contributed by atoms with Gasteiger partial charge in [-0.25, -0.2) is 4.98 Å². The monoisotopic (exact) mass is 244 g/mol. The van der Waals surface area contributed by atoms with Crippen molar-refractivity contribution in [1.82, 2.24) is 10.3 Å². The molecule has 2 heterocycles. The summed E-state index contributed by atoms with van der Waals surface area (Å²) in [6, 6.07) is 7.56. The second-order valence-corrected chi connectivity index (χ2v) is 4.63. The molecule has 18 heavy (non-hydrogen) atoms. The van der Waals surface area contributed by atoms with E-state index in [0.717, 1.165) is 23.7 Å². The molecule has 1 aliphatic heterocycles. The molecule has 2 N–H and O–H groups in total. The minimum atomic E-state index is 0.236. The summed E-state index contributed by atoms with van der Waals surface area (Å²) in [5, 5.41) is 14.8. The maximum Gasteiger partial charge on any atom is 0.221 e. The fourth-order valence-electron chi connectivity index (χ4n) is 2.32. The third kappa shape index (κ3) is 2.24. The van der Waals surface area contributed by atoms with E-state index in [1.165, 1.54) is 6.42 Å². The summed E-state index contributed by atoms with van der Waals surface area (Å²) in [6.07, 6.45) is 4.09. The average Bonchev–Trinajstić information content (AvgIpc) is 2.89. The number of ether oxygens (including phenoxy) is 1. The first-order valence-electron chi connectivity index (χ1n) is 6.27. The van der Waals surface area contributed by atoms with Crippen LogP contribution in [0.15, 0.2) is 30.5 Å². The number of nitrogens with zero attached hydrogens (tertiary/aromatic N) is 1. The lowest BCUT2D eigenvalue weighted by Crippen LogP contribution is -2.28. The van der Waals surface area contributed by atoms with Gasteiger partial charge in [0.25, 0.3) is 0 Å². The summed E-state index contributed by atoms with van der Waals surface area (Å²) in [5.74, 6) is 0.830. The number of hydrogen-bond donors (Lipinski definition) is 2. The van der Waals surface area contributed by atoms with Crippen molar-refractivity contribution in [3.05, 3.63) is 30.5 Å². The largest absolute Gasteiger partial charge is 0.508 e. The van der Waals surface area contributed by atoms with Gasteiger partial charge in [-0.2, -0.15) is 0 Å². The van der Waals surface area contributed by atoms with Gasteiger partial charge in [0.05, 0.1) is 0 Å². The molecule has 94 valence electrons. The lowest BCUT2D eigenvalue weighted by Gasteiger charge is -2.12. The Morgan fingerprint density at radius 1 is 1.39 bits per heavy atom. The fourth-order valence-corrected chi connectivity index (χ4v) is 2.32. The summed E-state index contributed by atoms with van der Waals surface area (Å²) >= 11 is 0. The Kier molecular flexibility index (Phi) is 3.02. The van der Waals surface area contributed by atoms with E-state index in [2.05, 4.69) is 10.3 Å². The van der Waals surface area contributed by atoms with Gasteiger partial charge < -0.3 is 15.2 Å². The number of rotatable bonds is 3. The predicted molar refractivity (Wildman–Crippen MR) is 69.9 cm³/mol. The van der Waals surface area contributed by atoms with E-state index < -0.39 is 0 Å². The van der Waals surface area contributed by atoms with Crippen LogP contribution in [-0.4, -0.2) is 29.3 Å². The van der Waals surface area contributed by atoms with Crippen LogP contribution in [0.4, 0.5) is 0 Å². The van der Waals surface area contributed by atoms with Crippen molar-refractivity contribution >= 4 is 10.8 Å². The van der Waals surface area contributed by atoms with Gasteiger partial charge in [0.1, 0.15) is 12.4 Å². The van der Waals surface area contributed by atoms with Gasteiger partial charge in [-0.05, 0) is 43.0 Å². The number of nitrogens with one attached hydrogen (secondary N) is 1. The molecule has 0 aliphatic carbocycles. The smallest absolute Gasteiger partial charge is 0.221 e. The summed E-state index contributed by atoms with van der Waals surface area (Å²) < 4.78 is 5.77. The molecule has 4 nitrogen and oxygen atoms in total. The Morgan fingerprint density at radius 3 is 3.17 bits per heavy atom. The second-order valence-electron chi connectivity index (χ2n) is 4.63. The average molecular weight is 244 g/mol. The zero-order valence-corrected chi connectivity index (χ0v) is 10.1. The van der Waals surface area contributed by atoms with Gasteiger partial charge >= 0.3 is 0 Å². The van der Waals surface area contributed by atoms with E-state index in [0.29, 0.717) is 18.5 Å². The molecule has 0 spiro atoms. The van der Waals surface area contributed by atoms with Crippen molar-refractivity contribution in [2.75, 3.05) is 13.2 Å². The van der Waals surface area contributed by atoms with Gasteiger partial charge in [0, 0.05) is 17.6 Å². The van der Waals surface area contributed by atoms with Crippen LogP contribution < -0.4 is 10.1 Å². The first-order chi connectivity index (χ1) is 8.83. The molecule has 2 aromatic rings. The van der Waals surface area contributed by atoms with E-state index >= 15 is 0 Å². The Bertz CT molecular complexity index is 550. The molecule has 1 saturated heterocycles. The summed E-state index contributed by atoms with van der Waals surface area (Å²) in [4.78, 5) is 4.25. The van der Waals surface area contributed by atoms with Gasteiger partial charge in [-0.15, -0.1) is 0 Å². The molecule has 1 fully saturated rings. The zero-order chi connectivity index (χ0) is 12.4. The highest BCUT2D eigenvalue weighted by Crippen LogP contribution is 2.26. The first kappa shape index (κ1) is 11.3. The van der Waals surface area contributed by atoms with E-state index in [1.807, 2.05) is 12.1 Å². The van der Waals surface area contributed by atoms with Gasteiger partial charge in [0.2, 0.25) is 5.88 Å². The number of fused-ring (bicyclic) bond motifs is 1. The molecule has 1 unspecified atom stereocenters. The third-order valence-electron chi connectivity index (χ3n) is 3.30. The summed E-state index contributed by atoms with van der Waals surface area (Å²) in [7, 11) is 0. The molecule has 1 aromatic carbocycles. The standard InChI is InChI=1S/C14H16N2O2/c17-12-4-3-10-5-7-16-14(13(10)8-12)18-9-11-2-1-6-15-11/h3-5,7-8,11,15,17H,1-2,6,9H2. The molecule has 0 radical (unpaired) electrons. The molecule has 0 amide bonds. The van der Waals surface area contributed by atoms with Crippen LogP contribution in [0.25, 0.3) is 10.8 Å². The Labute approximate surface area is 106 Å². The van der Waals surface area contributed by atoms with E-state index in [9.17, 15) is 5.11 Å². The van der Waals surface area contributed by atoms with Crippen LogP contribution in [0.5, 0.6) is 11.6 Å². The minimum absolute atomic E-state index is 0.236. The zero-order valence-electron chi connectivity index (χ0n) is 10.1. The first-order valence-corrected chi connectivity index (χ1v) is 6.27. The van der Waals surface area contributed by atoms with Crippen molar-refractivity contribution in [2.45, 2.75) is 18.9 Å². The normalized spacial score (nSPS) is 19.2. The van der Waals surface area contributed by atoms with Crippen LogP contribution in [0.1, 0.15) is 12.8 Å². The minimum Gasteiger partial charge on any atom is -0.508 e. The van der Waals surface area contributed by atoms with Crippen LogP contribution >= 0.6 is 0 Å². The highest BCUT2D eigenvalue weighted by Gasteiger charge is 2.15. The predicted octanol–water partition coefficient (Wildman–Crippen LogP) is 2.07. The SMILES string of the molecule is Oc1ccc2ccnc(OCC3CCCN3)c2c1. The van der Waals surface area contributed by atoms with Crippen molar-refractivity contribution in [2.24, 2.45) is 0 Å². The Morgan fingerprint density at radius 2 is 2.33 bits per heavy atom. The number of aromatic nitrogens is 1. The number of benzene rings is 1. The highest BCUT2D eigenvalue weighted by atomic mass is 16.5. The quantitative estimate of drug-likeness (QED) is 0.868. The molecule has 3 rings (SSSR count). The highest BCUT2D eigenvalue weighted by molar-refractivity contribution is 5.87. The van der Waals surface area contributed by atoms with Crippen molar-refractivity contribution in [3.63, 3.8) is 0 Å². The van der Waals surface area contributed by atoms with Gasteiger partial charge in [0.15, 0.2) is 0 Å². The molecule has 4 heteroatoms. The topological polar surface area (TPSA) is 54.4 Å². The van der Waals surface area contributed by atoms with Gasteiger partial charge in [-0.1, -0.05) is 6.07 Å². The van der Waals surface area contributed by atoms with Crippen molar-refractivity contribution < 1.29 is 9.84 Å².